The van der Waals surface area contributed by atoms with Crippen LogP contribution in [0.15, 0.2) is 12.7 Å². The largest absolute Gasteiger partial charge is 0.340 e. The lowest BCUT2D eigenvalue weighted by molar-refractivity contribution is -0.136. The summed E-state index contributed by atoms with van der Waals surface area (Å²) in [7, 11) is 0. The second kappa shape index (κ2) is 6.49. The molecule has 0 saturated carbocycles. The van der Waals surface area contributed by atoms with Crippen molar-refractivity contribution in [2.75, 3.05) is 32.7 Å². The van der Waals surface area contributed by atoms with Crippen molar-refractivity contribution < 1.29 is 4.79 Å². The highest BCUT2D eigenvalue weighted by Crippen LogP contribution is 2.05. The highest BCUT2D eigenvalue weighted by molar-refractivity contribution is 5.79. The van der Waals surface area contributed by atoms with Gasteiger partial charge >= 0.3 is 0 Å². The number of piperazine rings is 1. The molecule has 1 aliphatic rings. The van der Waals surface area contributed by atoms with Crippen molar-refractivity contribution in [1.82, 2.24) is 24.6 Å². The number of carbonyl (C=O) groups excluding carboxylic acids is 1. The highest BCUT2D eigenvalue weighted by Gasteiger charge is 2.22. The van der Waals surface area contributed by atoms with Gasteiger partial charge in [-0.1, -0.05) is 13.3 Å². The average Bonchev–Trinajstić information content (AvgIpc) is 2.88. The van der Waals surface area contributed by atoms with Crippen molar-refractivity contribution in [3.8, 4) is 0 Å². The summed E-state index contributed by atoms with van der Waals surface area (Å²) < 4.78 is 1.94. The van der Waals surface area contributed by atoms with Gasteiger partial charge in [0, 0.05) is 32.7 Å². The third kappa shape index (κ3) is 3.53. The fourth-order valence-electron chi connectivity index (χ4n) is 2.13. The molecule has 0 unspecified atom stereocenters. The molecule has 2 heterocycles. The maximum Gasteiger partial charge on any atom is 0.236 e. The van der Waals surface area contributed by atoms with Gasteiger partial charge in [0.1, 0.15) is 12.7 Å². The molecule has 2 rings (SSSR count). The van der Waals surface area contributed by atoms with Gasteiger partial charge < -0.3 is 9.47 Å². The van der Waals surface area contributed by atoms with E-state index in [1.807, 2.05) is 9.47 Å². The molecule has 6 heteroatoms. The molecule has 1 aliphatic heterocycles. The standard InChI is InChI=1S/C12H21N5O/c1-2-3-4-17-8-7-15(9-12(17)18)5-6-16-10-13-14-11-16/h10-11H,2-9H2,1H3. The van der Waals surface area contributed by atoms with Gasteiger partial charge in [-0.05, 0) is 6.42 Å². The molecule has 1 fully saturated rings. The van der Waals surface area contributed by atoms with Crippen LogP contribution in [0.25, 0.3) is 0 Å². The Labute approximate surface area is 108 Å². The van der Waals surface area contributed by atoms with Crippen molar-refractivity contribution in [3.05, 3.63) is 12.7 Å². The van der Waals surface area contributed by atoms with Gasteiger partial charge in [0.15, 0.2) is 0 Å². The van der Waals surface area contributed by atoms with Crippen LogP contribution in [0.4, 0.5) is 0 Å². The maximum absolute atomic E-state index is 11.9. The predicted octanol–water partition coefficient (Wildman–Crippen LogP) is 0.222. The van der Waals surface area contributed by atoms with Crippen LogP contribution in [-0.4, -0.2) is 63.2 Å². The summed E-state index contributed by atoms with van der Waals surface area (Å²) in [6.07, 6.45) is 5.66. The number of aromatic nitrogens is 3. The van der Waals surface area contributed by atoms with E-state index >= 15 is 0 Å². The van der Waals surface area contributed by atoms with E-state index in [4.69, 9.17) is 0 Å². The zero-order chi connectivity index (χ0) is 12.8. The van der Waals surface area contributed by atoms with Crippen molar-refractivity contribution in [2.24, 2.45) is 0 Å². The number of carbonyl (C=O) groups is 1. The highest BCUT2D eigenvalue weighted by atomic mass is 16.2. The lowest BCUT2D eigenvalue weighted by Crippen LogP contribution is -2.51. The summed E-state index contributed by atoms with van der Waals surface area (Å²) in [4.78, 5) is 16.1. The number of hydrogen-bond acceptors (Lipinski definition) is 4. The first kappa shape index (κ1) is 13.0. The van der Waals surface area contributed by atoms with E-state index in [-0.39, 0.29) is 5.91 Å². The van der Waals surface area contributed by atoms with Crippen molar-refractivity contribution >= 4 is 5.91 Å². The van der Waals surface area contributed by atoms with Crippen molar-refractivity contribution in [1.29, 1.82) is 0 Å². The second-order valence-electron chi connectivity index (χ2n) is 4.71. The zero-order valence-corrected chi connectivity index (χ0v) is 11.0. The van der Waals surface area contributed by atoms with Crippen LogP contribution in [-0.2, 0) is 11.3 Å². The summed E-state index contributed by atoms with van der Waals surface area (Å²) in [5.41, 5.74) is 0. The van der Waals surface area contributed by atoms with Gasteiger partial charge in [-0.2, -0.15) is 0 Å². The summed E-state index contributed by atoms with van der Waals surface area (Å²) in [6.45, 7) is 7.17. The minimum atomic E-state index is 0.262. The second-order valence-corrected chi connectivity index (χ2v) is 4.71. The molecule has 100 valence electrons. The Hall–Kier alpha value is -1.43. The van der Waals surface area contributed by atoms with Crippen LogP contribution in [0.5, 0.6) is 0 Å². The average molecular weight is 251 g/mol. The molecule has 0 aromatic carbocycles. The molecule has 1 aromatic rings. The minimum Gasteiger partial charge on any atom is -0.340 e. The Morgan fingerprint density at radius 2 is 1.94 bits per heavy atom. The SMILES string of the molecule is CCCCN1CCN(CCn2cnnc2)CC1=O. The summed E-state index contributed by atoms with van der Waals surface area (Å²) in [5, 5.41) is 7.53. The van der Waals surface area contributed by atoms with E-state index in [2.05, 4.69) is 22.0 Å². The van der Waals surface area contributed by atoms with Gasteiger partial charge in [-0.15, -0.1) is 10.2 Å². The number of nitrogens with zero attached hydrogens (tertiary/aromatic N) is 5. The predicted molar refractivity (Wildman–Crippen MR) is 68.0 cm³/mol. The van der Waals surface area contributed by atoms with E-state index in [0.29, 0.717) is 6.54 Å². The Bertz CT molecular complexity index is 365. The topological polar surface area (TPSA) is 54.3 Å². The molecule has 1 amide bonds. The van der Waals surface area contributed by atoms with Gasteiger partial charge in [0.25, 0.3) is 0 Å². The minimum absolute atomic E-state index is 0.262. The molecular weight excluding hydrogens is 230 g/mol. The summed E-state index contributed by atoms with van der Waals surface area (Å²) in [6, 6.07) is 0. The lowest BCUT2D eigenvalue weighted by Gasteiger charge is -2.34. The third-order valence-electron chi connectivity index (χ3n) is 3.32. The molecule has 0 spiro atoms. The molecule has 1 aromatic heterocycles. The van der Waals surface area contributed by atoms with Crippen molar-refractivity contribution in [3.63, 3.8) is 0 Å². The van der Waals surface area contributed by atoms with E-state index in [1.165, 1.54) is 0 Å². The van der Waals surface area contributed by atoms with Crippen LogP contribution in [0.2, 0.25) is 0 Å². The quantitative estimate of drug-likeness (QED) is 0.726. The molecule has 0 bridgehead atoms. The smallest absolute Gasteiger partial charge is 0.236 e. The Balaban J connectivity index is 1.72. The van der Waals surface area contributed by atoms with E-state index in [0.717, 1.165) is 45.6 Å². The Kier molecular flexibility index (Phi) is 4.69. The normalized spacial score (nSPS) is 17.4. The van der Waals surface area contributed by atoms with Gasteiger partial charge in [0.05, 0.1) is 6.54 Å². The number of hydrogen-bond donors (Lipinski definition) is 0. The molecule has 6 nitrogen and oxygen atoms in total. The van der Waals surface area contributed by atoms with E-state index in [9.17, 15) is 4.79 Å². The summed E-state index contributed by atoms with van der Waals surface area (Å²) in [5.74, 6) is 0.262. The third-order valence-corrected chi connectivity index (χ3v) is 3.32. The molecule has 0 aliphatic carbocycles. The first-order valence-corrected chi connectivity index (χ1v) is 6.62. The summed E-state index contributed by atoms with van der Waals surface area (Å²) >= 11 is 0. The fourth-order valence-corrected chi connectivity index (χ4v) is 2.13. The number of unbranched alkanes of at least 4 members (excludes halogenated alkanes) is 1. The maximum atomic E-state index is 11.9. The molecule has 18 heavy (non-hydrogen) atoms. The van der Waals surface area contributed by atoms with Crippen LogP contribution < -0.4 is 0 Å². The molecular formula is C12H21N5O. The van der Waals surface area contributed by atoms with Gasteiger partial charge in [-0.25, -0.2) is 0 Å². The van der Waals surface area contributed by atoms with E-state index < -0.39 is 0 Å². The van der Waals surface area contributed by atoms with Crippen LogP contribution >= 0.6 is 0 Å². The lowest BCUT2D eigenvalue weighted by atomic mass is 10.2. The molecule has 0 N–H and O–H groups in total. The molecule has 1 saturated heterocycles. The van der Waals surface area contributed by atoms with Crippen LogP contribution in [0.3, 0.4) is 0 Å². The zero-order valence-electron chi connectivity index (χ0n) is 11.0. The first-order valence-electron chi connectivity index (χ1n) is 6.62. The Morgan fingerprint density at radius 1 is 1.17 bits per heavy atom. The molecule has 0 radical (unpaired) electrons. The first-order chi connectivity index (χ1) is 8.79. The van der Waals surface area contributed by atoms with Crippen molar-refractivity contribution in [2.45, 2.75) is 26.3 Å². The number of amides is 1. The molecule has 0 atom stereocenters. The Morgan fingerprint density at radius 3 is 2.61 bits per heavy atom. The van der Waals surface area contributed by atoms with Crippen LogP contribution in [0, 0.1) is 0 Å². The van der Waals surface area contributed by atoms with Gasteiger partial charge in [-0.3, -0.25) is 9.69 Å². The fraction of sp³-hybridized carbons (Fsp3) is 0.750. The van der Waals surface area contributed by atoms with Gasteiger partial charge in [0.2, 0.25) is 5.91 Å². The van der Waals surface area contributed by atoms with E-state index in [1.54, 1.807) is 12.7 Å². The monoisotopic (exact) mass is 251 g/mol. The number of rotatable bonds is 6. The van der Waals surface area contributed by atoms with Crippen LogP contribution in [0.1, 0.15) is 19.8 Å².